The second kappa shape index (κ2) is 6.76. The summed E-state index contributed by atoms with van der Waals surface area (Å²) in [6.07, 6.45) is 0. The fraction of sp³-hybridized carbons (Fsp3) is 0.350. The quantitative estimate of drug-likeness (QED) is 0.824. The zero-order valence-electron chi connectivity index (χ0n) is 15.5. The number of carbonyl (C=O) groups is 1. The smallest absolute Gasteiger partial charge is 0.321 e. The van der Waals surface area contributed by atoms with Crippen LogP contribution in [0.4, 0.5) is 4.79 Å². The summed E-state index contributed by atoms with van der Waals surface area (Å²) in [6, 6.07) is 15.6. The maximum Gasteiger partial charge on any atom is 0.321 e. The van der Waals surface area contributed by atoms with Gasteiger partial charge in [-0.1, -0.05) is 48.0 Å². The predicted molar refractivity (Wildman–Crippen MR) is 101 cm³/mol. The van der Waals surface area contributed by atoms with Crippen LogP contribution in [0.1, 0.15) is 31.0 Å². The van der Waals surface area contributed by atoms with Gasteiger partial charge in [0.25, 0.3) is 0 Å². The third-order valence-corrected chi connectivity index (χ3v) is 7.28. The molecule has 6 heteroatoms. The van der Waals surface area contributed by atoms with E-state index in [1.54, 1.807) is 43.1 Å². The molecule has 0 unspecified atom stereocenters. The molecule has 0 spiro atoms. The minimum absolute atomic E-state index is 0.124. The lowest BCUT2D eigenvalue weighted by Gasteiger charge is -2.30. The van der Waals surface area contributed by atoms with Crippen molar-refractivity contribution in [3.63, 3.8) is 0 Å². The molecule has 0 aromatic heterocycles. The SMILES string of the molecule is Cc1ccc(S(=O)(=O)[C@H](C)N2C(=O)N(C)[C@H](C)[C@@H]2c2ccccc2)cc1. The molecular formula is C20H24N2O3S. The number of urea groups is 1. The van der Waals surface area contributed by atoms with E-state index in [2.05, 4.69) is 0 Å². The molecule has 0 N–H and O–H groups in total. The number of aryl methyl sites for hydroxylation is 1. The molecule has 3 atom stereocenters. The van der Waals surface area contributed by atoms with Gasteiger partial charge >= 0.3 is 6.03 Å². The van der Waals surface area contributed by atoms with Gasteiger partial charge in [-0.25, -0.2) is 13.2 Å². The summed E-state index contributed by atoms with van der Waals surface area (Å²) in [6.45, 7) is 5.45. The van der Waals surface area contributed by atoms with E-state index in [4.69, 9.17) is 0 Å². The zero-order chi connectivity index (χ0) is 19.1. The highest BCUT2D eigenvalue weighted by atomic mass is 32.2. The van der Waals surface area contributed by atoms with Crippen molar-refractivity contribution >= 4 is 15.9 Å². The van der Waals surface area contributed by atoms with Crippen LogP contribution in [-0.4, -0.2) is 42.7 Å². The van der Waals surface area contributed by atoms with Crippen LogP contribution in [0, 0.1) is 6.92 Å². The Morgan fingerprint density at radius 2 is 1.58 bits per heavy atom. The molecule has 0 radical (unpaired) electrons. The van der Waals surface area contributed by atoms with Crippen molar-refractivity contribution in [2.45, 2.75) is 43.1 Å². The predicted octanol–water partition coefficient (Wildman–Crippen LogP) is 3.61. The summed E-state index contributed by atoms with van der Waals surface area (Å²) in [5.74, 6) is 0. The van der Waals surface area contributed by atoms with Gasteiger partial charge in [0, 0.05) is 7.05 Å². The molecule has 0 bridgehead atoms. The number of benzene rings is 2. The van der Waals surface area contributed by atoms with E-state index < -0.39 is 15.2 Å². The van der Waals surface area contributed by atoms with Gasteiger partial charge < -0.3 is 4.90 Å². The molecule has 2 aromatic carbocycles. The van der Waals surface area contributed by atoms with Crippen molar-refractivity contribution in [3.8, 4) is 0 Å². The summed E-state index contributed by atoms with van der Waals surface area (Å²) >= 11 is 0. The first-order valence-electron chi connectivity index (χ1n) is 8.66. The van der Waals surface area contributed by atoms with Crippen LogP contribution < -0.4 is 0 Å². The average molecular weight is 372 g/mol. The fourth-order valence-electron chi connectivity index (χ4n) is 3.46. The number of amides is 2. The summed E-state index contributed by atoms with van der Waals surface area (Å²) in [5.41, 5.74) is 1.92. The van der Waals surface area contributed by atoms with Gasteiger partial charge in [0.1, 0.15) is 5.37 Å². The summed E-state index contributed by atoms with van der Waals surface area (Å²) in [7, 11) is -1.96. The molecule has 138 valence electrons. The first-order valence-corrected chi connectivity index (χ1v) is 10.2. The number of likely N-dealkylation sites (N-methyl/N-ethyl adjacent to an activating group) is 1. The number of hydrogen-bond donors (Lipinski definition) is 0. The topological polar surface area (TPSA) is 57.7 Å². The second-order valence-corrected chi connectivity index (χ2v) is 9.10. The minimum atomic E-state index is -3.68. The van der Waals surface area contributed by atoms with Gasteiger partial charge in [0.05, 0.1) is 17.0 Å². The third-order valence-electron chi connectivity index (χ3n) is 5.22. The molecule has 0 saturated carbocycles. The maximum atomic E-state index is 13.2. The van der Waals surface area contributed by atoms with Crippen LogP contribution in [0.5, 0.6) is 0 Å². The Balaban J connectivity index is 2.04. The molecule has 0 aliphatic carbocycles. The molecule has 1 aliphatic heterocycles. The van der Waals surface area contributed by atoms with E-state index in [-0.39, 0.29) is 23.0 Å². The van der Waals surface area contributed by atoms with E-state index >= 15 is 0 Å². The Morgan fingerprint density at radius 1 is 1.00 bits per heavy atom. The largest absolute Gasteiger partial charge is 0.323 e. The molecule has 1 heterocycles. The lowest BCUT2D eigenvalue weighted by atomic mass is 10.0. The highest BCUT2D eigenvalue weighted by molar-refractivity contribution is 7.92. The summed E-state index contributed by atoms with van der Waals surface area (Å²) < 4.78 is 26.3. The number of rotatable bonds is 4. The van der Waals surface area contributed by atoms with Gasteiger partial charge in [-0.15, -0.1) is 0 Å². The van der Waals surface area contributed by atoms with Crippen LogP contribution in [0.2, 0.25) is 0 Å². The van der Waals surface area contributed by atoms with Crippen LogP contribution in [0.15, 0.2) is 59.5 Å². The fourth-order valence-corrected chi connectivity index (χ4v) is 4.89. The summed E-state index contributed by atoms with van der Waals surface area (Å²) in [5, 5.41) is -0.963. The Labute approximate surface area is 155 Å². The molecule has 26 heavy (non-hydrogen) atoms. The number of nitrogens with zero attached hydrogens (tertiary/aromatic N) is 2. The Bertz CT molecular complexity index is 894. The van der Waals surface area contributed by atoms with E-state index in [0.29, 0.717) is 0 Å². The van der Waals surface area contributed by atoms with E-state index in [9.17, 15) is 13.2 Å². The Kier molecular flexibility index (Phi) is 4.80. The van der Waals surface area contributed by atoms with Crippen molar-refractivity contribution in [2.24, 2.45) is 0 Å². The molecule has 2 amide bonds. The molecule has 5 nitrogen and oxygen atoms in total. The highest BCUT2D eigenvalue weighted by Crippen LogP contribution is 2.38. The molecule has 2 aromatic rings. The van der Waals surface area contributed by atoms with Gasteiger partial charge in [0.15, 0.2) is 9.84 Å². The van der Waals surface area contributed by atoms with Gasteiger partial charge in [0.2, 0.25) is 0 Å². The number of hydrogen-bond acceptors (Lipinski definition) is 3. The van der Waals surface area contributed by atoms with Crippen LogP contribution in [0.25, 0.3) is 0 Å². The first-order chi connectivity index (χ1) is 12.2. The van der Waals surface area contributed by atoms with E-state index in [1.165, 1.54) is 4.90 Å². The Morgan fingerprint density at radius 3 is 2.15 bits per heavy atom. The van der Waals surface area contributed by atoms with Gasteiger partial charge in [-0.05, 0) is 38.5 Å². The average Bonchev–Trinajstić information content (AvgIpc) is 2.86. The van der Waals surface area contributed by atoms with Crippen molar-refractivity contribution in [1.82, 2.24) is 9.80 Å². The van der Waals surface area contributed by atoms with Crippen LogP contribution in [0.3, 0.4) is 0 Å². The minimum Gasteiger partial charge on any atom is -0.323 e. The van der Waals surface area contributed by atoms with Crippen molar-refractivity contribution in [3.05, 3.63) is 65.7 Å². The second-order valence-electron chi connectivity index (χ2n) is 6.85. The first kappa shape index (κ1) is 18.5. The molecular weight excluding hydrogens is 348 g/mol. The monoisotopic (exact) mass is 372 g/mol. The molecule has 1 fully saturated rings. The molecule has 3 rings (SSSR count). The molecule has 1 saturated heterocycles. The van der Waals surface area contributed by atoms with Gasteiger partial charge in [-0.2, -0.15) is 0 Å². The van der Waals surface area contributed by atoms with Crippen molar-refractivity contribution in [1.29, 1.82) is 0 Å². The van der Waals surface area contributed by atoms with Crippen molar-refractivity contribution < 1.29 is 13.2 Å². The van der Waals surface area contributed by atoms with Crippen molar-refractivity contribution in [2.75, 3.05) is 7.05 Å². The maximum absolute atomic E-state index is 13.2. The molecule has 1 aliphatic rings. The zero-order valence-corrected chi connectivity index (χ0v) is 16.3. The number of sulfone groups is 1. The lowest BCUT2D eigenvalue weighted by Crippen LogP contribution is -2.42. The van der Waals surface area contributed by atoms with Crippen LogP contribution in [-0.2, 0) is 9.84 Å². The standard InChI is InChI=1S/C20H24N2O3S/c1-14-10-12-18(13-11-14)26(24,25)16(3)22-19(15(2)21(4)20(22)23)17-8-6-5-7-9-17/h5-13,15-16,19H,1-4H3/t15-,16-,19-/m1/s1. The van der Waals surface area contributed by atoms with E-state index in [1.807, 2.05) is 44.2 Å². The van der Waals surface area contributed by atoms with E-state index in [0.717, 1.165) is 11.1 Å². The van der Waals surface area contributed by atoms with Gasteiger partial charge in [-0.3, -0.25) is 4.90 Å². The Hall–Kier alpha value is -2.34. The lowest BCUT2D eigenvalue weighted by molar-refractivity contribution is 0.187. The third kappa shape index (κ3) is 2.98. The summed E-state index contributed by atoms with van der Waals surface area (Å²) in [4.78, 5) is 16.2. The van der Waals surface area contributed by atoms with Crippen LogP contribution >= 0.6 is 0 Å². The highest BCUT2D eigenvalue weighted by Gasteiger charge is 2.47. The normalized spacial score (nSPS) is 21.9. The number of carbonyl (C=O) groups excluding carboxylic acids is 1.